The van der Waals surface area contributed by atoms with Gasteiger partial charge in [-0.15, -0.1) is 26.3 Å². The van der Waals surface area contributed by atoms with Gasteiger partial charge in [-0.3, -0.25) is 10.1 Å². The van der Waals surface area contributed by atoms with E-state index in [1.807, 2.05) is 0 Å². The van der Waals surface area contributed by atoms with Crippen molar-refractivity contribution in [2.24, 2.45) is 0 Å². The zero-order valence-electron chi connectivity index (χ0n) is 20.2. The highest BCUT2D eigenvalue weighted by Gasteiger charge is 2.42. The van der Waals surface area contributed by atoms with E-state index in [1.54, 1.807) is 30.3 Å². The summed E-state index contributed by atoms with van der Waals surface area (Å²) in [6, 6.07) is 18.2. The number of nitrogens with two attached hydrogens (primary N) is 1. The van der Waals surface area contributed by atoms with Crippen LogP contribution in [0.25, 0.3) is 0 Å². The molecule has 2 amide bonds. The predicted octanol–water partition coefficient (Wildman–Crippen LogP) is 3.99. The van der Waals surface area contributed by atoms with Crippen LogP contribution in [0.1, 0.15) is 23.1 Å². The predicted molar refractivity (Wildman–Crippen MR) is 126 cm³/mol. The zero-order valence-corrected chi connectivity index (χ0v) is 20.2. The lowest BCUT2D eigenvalue weighted by atomic mass is 9.70. The Balaban J connectivity index is 1.84. The summed E-state index contributed by atoms with van der Waals surface area (Å²) >= 11 is 0. The number of carbonyl (C=O) groups excluding carboxylic acids is 2. The number of carbonyl (C=O) groups is 2. The number of hydrogen-bond donors (Lipinski definition) is 2. The zero-order chi connectivity index (χ0) is 28.3. The number of amides is 2. The fourth-order valence-electron chi connectivity index (χ4n) is 4.51. The van der Waals surface area contributed by atoms with Crippen LogP contribution < -0.4 is 20.1 Å². The van der Waals surface area contributed by atoms with Crippen LogP contribution in [0.4, 0.5) is 26.3 Å². The molecular formula is C27H23F6N2O4+. The van der Waals surface area contributed by atoms with Crippen LogP contribution in [-0.4, -0.2) is 37.1 Å². The Morgan fingerprint density at radius 3 is 1.79 bits per heavy atom. The second kappa shape index (κ2) is 11.0. The molecule has 3 aromatic carbocycles. The van der Waals surface area contributed by atoms with Gasteiger partial charge in [-0.1, -0.05) is 54.6 Å². The maximum Gasteiger partial charge on any atom is 0.573 e. The molecule has 0 spiro atoms. The van der Waals surface area contributed by atoms with Gasteiger partial charge in [0.2, 0.25) is 0 Å². The molecule has 0 unspecified atom stereocenters. The Bertz CT molecular complexity index is 1260. The van der Waals surface area contributed by atoms with Gasteiger partial charge in [0.15, 0.2) is 6.04 Å². The third kappa shape index (κ3) is 7.29. The van der Waals surface area contributed by atoms with Crippen LogP contribution >= 0.6 is 0 Å². The fourth-order valence-corrected chi connectivity index (χ4v) is 4.51. The Labute approximate surface area is 218 Å². The molecule has 1 atom stereocenters. The summed E-state index contributed by atoms with van der Waals surface area (Å²) in [6.45, 7) is -0.218. The number of quaternary nitrogens is 1. The second-order valence-corrected chi connectivity index (χ2v) is 9.06. The van der Waals surface area contributed by atoms with Crippen molar-refractivity contribution < 1.29 is 50.7 Å². The molecule has 4 rings (SSSR count). The summed E-state index contributed by atoms with van der Waals surface area (Å²) in [5.74, 6) is -1.76. The quantitative estimate of drug-likeness (QED) is 0.310. The highest BCUT2D eigenvalue weighted by atomic mass is 19.4. The molecule has 0 aromatic heterocycles. The number of rotatable bonds is 9. The Morgan fingerprint density at radius 2 is 1.33 bits per heavy atom. The standard InChI is InChI=1S/C27H22F6N2O4/c28-26(29,30)38-20-10-4-8-18(12-20)25(15-17-6-2-1-3-7-17,16-34-24(37)22-14-23(36)35-22)19-9-5-11-21(13-19)39-27(31,32)33/h1-13,22H,14-16H2,(H,34,37)(H,35,36)/p+1/t22-/m1/s1. The highest BCUT2D eigenvalue weighted by Crippen LogP contribution is 2.40. The molecule has 0 aliphatic carbocycles. The highest BCUT2D eigenvalue weighted by molar-refractivity contribution is 5.89. The number of β-lactam (4-membered cyclic amide) rings is 1. The van der Waals surface area contributed by atoms with E-state index in [0.717, 1.165) is 24.3 Å². The number of ether oxygens (including phenoxy) is 2. The number of benzene rings is 3. The average Bonchev–Trinajstić information content (AvgIpc) is 2.83. The van der Waals surface area contributed by atoms with Crippen molar-refractivity contribution in [1.29, 1.82) is 0 Å². The molecule has 3 N–H and O–H groups in total. The fraction of sp³-hybridized carbons (Fsp3) is 0.259. The smallest absolute Gasteiger partial charge is 0.406 e. The lowest BCUT2D eigenvalue weighted by Crippen LogP contribution is -3.04. The van der Waals surface area contributed by atoms with Crippen LogP contribution in [-0.2, 0) is 21.4 Å². The molecular weight excluding hydrogens is 530 g/mol. The third-order valence-electron chi connectivity index (χ3n) is 6.30. The van der Waals surface area contributed by atoms with Gasteiger partial charge < -0.3 is 14.8 Å². The number of primary amides is 1. The lowest BCUT2D eigenvalue weighted by Gasteiger charge is -2.37. The van der Waals surface area contributed by atoms with E-state index >= 15 is 0 Å². The first kappa shape index (κ1) is 28.0. The normalized spacial score (nSPS) is 15.8. The minimum atomic E-state index is -4.98. The molecule has 1 aliphatic rings. The lowest BCUT2D eigenvalue weighted by molar-refractivity contribution is -0.630. The van der Waals surface area contributed by atoms with Gasteiger partial charge in [-0.2, -0.15) is 0 Å². The number of nitrogens with one attached hydrogen (secondary N) is 1. The molecule has 1 fully saturated rings. The van der Waals surface area contributed by atoms with Crippen molar-refractivity contribution in [2.45, 2.75) is 37.0 Å². The molecule has 206 valence electrons. The minimum absolute atomic E-state index is 0.0152. The van der Waals surface area contributed by atoms with Gasteiger partial charge in [0.1, 0.15) is 17.9 Å². The maximum absolute atomic E-state index is 13.0. The van der Waals surface area contributed by atoms with Crippen LogP contribution in [0, 0.1) is 0 Å². The Kier molecular flexibility index (Phi) is 7.86. The SMILES string of the molecule is O=C1C[C@H](C(=O)NCC(Cc2ccccc2)(c2cccc(OC(F)(F)F)c2)c2cccc(OC(F)(F)F)c2)[NH2+]1. The average molecular weight is 553 g/mol. The summed E-state index contributed by atoms with van der Waals surface area (Å²) in [5, 5.41) is 4.00. The molecule has 0 saturated carbocycles. The van der Waals surface area contributed by atoms with E-state index in [0.29, 0.717) is 5.56 Å². The van der Waals surface area contributed by atoms with Crippen molar-refractivity contribution in [1.82, 2.24) is 5.32 Å². The van der Waals surface area contributed by atoms with Crippen molar-refractivity contribution >= 4 is 11.8 Å². The monoisotopic (exact) mass is 553 g/mol. The Morgan fingerprint density at radius 1 is 0.821 bits per heavy atom. The molecule has 39 heavy (non-hydrogen) atoms. The first-order valence-corrected chi connectivity index (χ1v) is 11.7. The molecule has 1 aliphatic heterocycles. The summed E-state index contributed by atoms with van der Waals surface area (Å²) in [7, 11) is 0. The second-order valence-electron chi connectivity index (χ2n) is 9.06. The van der Waals surface area contributed by atoms with Crippen LogP contribution in [0.15, 0.2) is 78.9 Å². The molecule has 0 radical (unpaired) electrons. The summed E-state index contributed by atoms with van der Waals surface area (Å²) in [5.41, 5.74) is -0.195. The van der Waals surface area contributed by atoms with E-state index in [4.69, 9.17) is 0 Å². The van der Waals surface area contributed by atoms with E-state index in [1.165, 1.54) is 29.6 Å². The number of halogens is 6. The van der Waals surface area contributed by atoms with Crippen molar-refractivity contribution in [3.63, 3.8) is 0 Å². The van der Waals surface area contributed by atoms with Crippen molar-refractivity contribution in [2.75, 3.05) is 6.54 Å². The largest absolute Gasteiger partial charge is 0.573 e. The van der Waals surface area contributed by atoms with Gasteiger partial charge in [0.05, 0.1) is 0 Å². The van der Waals surface area contributed by atoms with Gasteiger partial charge in [-0.25, -0.2) is 4.79 Å². The maximum atomic E-state index is 13.0. The van der Waals surface area contributed by atoms with Crippen LogP contribution in [0.3, 0.4) is 0 Å². The molecule has 0 bridgehead atoms. The molecule has 1 heterocycles. The molecule has 12 heteroatoms. The summed E-state index contributed by atoms with van der Waals surface area (Å²) in [4.78, 5) is 24.2. The summed E-state index contributed by atoms with van der Waals surface area (Å²) < 4.78 is 86.4. The molecule has 3 aromatic rings. The van der Waals surface area contributed by atoms with E-state index in [-0.39, 0.29) is 36.4 Å². The Hall–Kier alpha value is -4.06. The molecule has 1 saturated heterocycles. The first-order valence-electron chi connectivity index (χ1n) is 11.7. The van der Waals surface area contributed by atoms with Crippen LogP contribution in [0.5, 0.6) is 11.5 Å². The van der Waals surface area contributed by atoms with Gasteiger partial charge in [0, 0.05) is 12.0 Å². The van der Waals surface area contributed by atoms with Gasteiger partial charge >= 0.3 is 18.6 Å². The topological polar surface area (TPSA) is 81.2 Å². The van der Waals surface area contributed by atoms with Gasteiger partial charge in [-0.05, 0) is 47.4 Å². The minimum Gasteiger partial charge on any atom is -0.406 e. The van der Waals surface area contributed by atoms with E-state index < -0.39 is 41.6 Å². The van der Waals surface area contributed by atoms with Crippen LogP contribution in [0.2, 0.25) is 0 Å². The van der Waals surface area contributed by atoms with E-state index in [9.17, 15) is 35.9 Å². The van der Waals surface area contributed by atoms with E-state index in [2.05, 4.69) is 14.8 Å². The summed E-state index contributed by atoms with van der Waals surface area (Å²) in [6.07, 6.45) is -9.88. The number of hydrogen-bond acceptors (Lipinski definition) is 4. The van der Waals surface area contributed by atoms with Gasteiger partial charge in [0.25, 0.3) is 5.91 Å². The molecule has 6 nitrogen and oxygen atoms in total. The van der Waals surface area contributed by atoms with Crippen molar-refractivity contribution in [3.8, 4) is 11.5 Å². The number of alkyl halides is 6. The first-order chi connectivity index (χ1) is 18.3. The van der Waals surface area contributed by atoms with Crippen molar-refractivity contribution in [3.05, 3.63) is 95.6 Å². The third-order valence-corrected chi connectivity index (χ3v) is 6.30.